The summed E-state index contributed by atoms with van der Waals surface area (Å²) in [4.78, 5) is 5.01. The molecule has 0 radical (unpaired) electrons. The second-order valence-electron chi connectivity index (χ2n) is 3.97. The smallest absolute Gasteiger partial charge is 0.255 e. The Morgan fingerprint density at radius 1 is 1.37 bits per heavy atom. The number of hydrogen-bond donors (Lipinski definition) is 1. The quantitative estimate of drug-likeness (QED) is 0.942. The molecule has 19 heavy (non-hydrogen) atoms. The fourth-order valence-electron chi connectivity index (χ4n) is 1.50. The Hall–Kier alpha value is -1.91. The van der Waals surface area contributed by atoms with Gasteiger partial charge < -0.3 is 0 Å². The van der Waals surface area contributed by atoms with Gasteiger partial charge in [-0.25, -0.2) is 13.4 Å². The molecule has 0 atom stereocenters. The summed E-state index contributed by atoms with van der Waals surface area (Å²) in [5.41, 5.74) is 1.09. The van der Waals surface area contributed by atoms with Crippen LogP contribution in [-0.2, 0) is 10.0 Å². The summed E-state index contributed by atoms with van der Waals surface area (Å²) in [5.74, 6) is 0. The van der Waals surface area contributed by atoms with Crippen LogP contribution in [0.1, 0.15) is 16.0 Å². The molecule has 2 rings (SSSR count). The summed E-state index contributed by atoms with van der Waals surface area (Å²) in [6, 6.07) is 6.38. The molecule has 0 unspecified atom stereocenters. The average molecular weight is 293 g/mol. The first-order valence-electron chi connectivity index (χ1n) is 5.38. The summed E-state index contributed by atoms with van der Waals surface area (Å²) < 4.78 is 26.7. The molecule has 0 amide bonds. The van der Waals surface area contributed by atoms with E-state index in [4.69, 9.17) is 5.26 Å². The molecule has 1 N–H and O–H groups in total. The van der Waals surface area contributed by atoms with Gasteiger partial charge in [-0.2, -0.15) is 5.26 Å². The molecule has 0 fully saturated rings. The Balaban J connectivity index is 2.35. The van der Waals surface area contributed by atoms with Crippen molar-refractivity contribution < 1.29 is 8.42 Å². The zero-order valence-electron chi connectivity index (χ0n) is 10.3. The van der Waals surface area contributed by atoms with E-state index in [9.17, 15) is 8.42 Å². The van der Waals surface area contributed by atoms with Crippen molar-refractivity contribution in [2.24, 2.45) is 0 Å². The molecular formula is C12H11N3O2S2. The van der Waals surface area contributed by atoms with Crippen LogP contribution in [-0.4, -0.2) is 13.4 Å². The summed E-state index contributed by atoms with van der Waals surface area (Å²) in [6.45, 7) is 3.55. The lowest BCUT2D eigenvalue weighted by molar-refractivity contribution is 0.601. The van der Waals surface area contributed by atoms with E-state index in [0.29, 0.717) is 16.3 Å². The molecule has 0 spiro atoms. The van der Waals surface area contributed by atoms with Gasteiger partial charge in [0.15, 0.2) is 5.13 Å². The van der Waals surface area contributed by atoms with Crippen molar-refractivity contribution in [3.63, 3.8) is 0 Å². The maximum Gasteiger partial charge on any atom is 0.263 e. The van der Waals surface area contributed by atoms with Crippen molar-refractivity contribution >= 4 is 26.5 Å². The molecule has 0 saturated heterocycles. The third-order valence-electron chi connectivity index (χ3n) is 2.47. The van der Waals surface area contributed by atoms with Crippen molar-refractivity contribution in [1.82, 2.24) is 4.98 Å². The Bertz CT molecular complexity index is 758. The minimum atomic E-state index is -3.66. The Labute approximate surface area is 115 Å². The highest BCUT2D eigenvalue weighted by molar-refractivity contribution is 7.93. The Morgan fingerprint density at radius 3 is 2.63 bits per heavy atom. The number of aromatic nitrogens is 1. The predicted molar refractivity (Wildman–Crippen MR) is 73.6 cm³/mol. The first kappa shape index (κ1) is 13.5. The molecule has 1 aromatic carbocycles. The summed E-state index contributed by atoms with van der Waals surface area (Å²) in [7, 11) is -3.66. The van der Waals surface area contributed by atoms with Gasteiger partial charge in [-0.3, -0.25) is 4.72 Å². The highest BCUT2D eigenvalue weighted by Gasteiger charge is 2.16. The number of aryl methyl sites for hydroxylation is 2. The predicted octanol–water partition coefficient (Wildman–Crippen LogP) is 2.43. The van der Waals surface area contributed by atoms with Crippen LogP contribution in [0.2, 0.25) is 0 Å². The second-order valence-corrected chi connectivity index (χ2v) is 6.89. The van der Waals surface area contributed by atoms with Crippen molar-refractivity contribution in [2.75, 3.05) is 4.72 Å². The van der Waals surface area contributed by atoms with Crippen molar-refractivity contribution in [3.05, 3.63) is 40.4 Å². The molecule has 0 aliphatic heterocycles. The summed E-state index contributed by atoms with van der Waals surface area (Å²) in [5, 5.41) is 9.16. The lowest BCUT2D eigenvalue weighted by Crippen LogP contribution is -2.13. The molecule has 5 nitrogen and oxygen atoms in total. The fourth-order valence-corrected chi connectivity index (χ4v) is 3.50. The third kappa shape index (κ3) is 2.92. The number of thiazole rings is 1. The number of sulfonamides is 1. The van der Waals surface area contributed by atoms with E-state index in [1.54, 1.807) is 13.1 Å². The number of rotatable bonds is 3. The molecule has 2 aromatic rings. The van der Waals surface area contributed by atoms with Crippen LogP contribution in [0.15, 0.2) is 29.3 Å². The summed E-state index contributed by atoms with van der Waals surface area (Å²) >= 11 is 1.27. The molecule has 1 aromatic heterocycles. The molecule has 98 valence electrons. The van der Waals surface area contributed by atoms with Gasteiger partial charge in [-0.05, 0) is 37.6 Å². The highest BCUT2D eigenvalue weighted by Crippen LogP contribution is 2.22. The molecule has 0 saturated carbocycles. The van der Waals surface area contributed by atoms with Crippen molar-refractivity contribution in [3.8, 4) is 6.07 Å². The highest BCUT2D eigenvalue weighted by atomic mass is 32.2. The minimum absolute atomic E-state index is 0.122. The molecule has 0 aliphatic rings. The number of nitrogens with zero attached hydrogens (tertiary/aromatic N) is 2. The van der Waals surface area contributed by atoms with Gasteiger partial charge in [-0.1, -0.05) is 0 Å². The van der Waals surface area contributed by atoms with Gasteiger partial charge >= 0.3 is 0 Å². The van der Waals surface area contributed by atoms with Crippen LogP contribution in [0.5, 0.6) is 0 Å². The maximum absolute atomic E-state index is 12.1. The van der Waals surface area contributed by atoms with Crippen LogP contribution >= 0.6 is 11.3 Å². The number of nitriles is 1. The topological polar surface area (TPSA) is 82.8 Å². The first-order chi connectivity index (χ1) is 8.92. The van der Waals surface area contributed by atoms with Gasteiger partial charge in [0, 0.05) is 11.1 Å². The average Bonchev–Trinajstić information content (AvgIpc) is 2.73. The molecule has 0 bridgehead atoms. The van der Waals surface area contributed by atoms with Crippen LogP contribution < -0.4 is 4.72 Å². The molecular weight excluding hydrogens is 282 g/mol. The zero-order valence-corrected chi connectivity index (χ0v) is 12.0. The largest absolute Gasteiger partial charge is 0.263 e. The molecule has 0 aliphatic carbocycles. The Kier molecular flexibility index (Phi) is 3.55. The SMILES string of the molecule is Cc1cnc(NS(=O)(=O)c2ccc(C#N)c(C)c2)s1. The van der Waals surface area contributed by atoms with Crippen LogP contribution in [0.4, 0.5) is 5.13 Å². The zero-order chi connectivity index (χ0) is 14.0. The first-order valence-corrected chi connectivity index (χ1v) is 7.68. The van der Waals surface area contributed by atoms with Gasteiger partial charge in [0.1, 0.15) is 0 Å². The van der Waals surface area contributed by atoms with Crippen molar-refractivity contribution in [2.45, 2.75) is 18.7 Å². The lowest BCUT2D eigenvalue weighted by Gasteiger charge is -2.06. The lowest BCUT2D eigenvalue weighted by atomic mass is 10.1. The van der Waals surface area contributed by atoms with E-state index < -0.39 is 10.0 Å². The number of benzene rings is 1. The van der Waals surface area contributed by atoms with Gasteiger partial charge in [0.25, 0.3) is 10.0 Å². The fraction of sp³-hybridized carbons (Fsp3) is 0.167. The van der Waals surface area contributed by atoms with E-state index in [-0.39, 0.29) is 4.90 Å². The van der Waals surface area contributed by atoms with E-state index in [2.05, 4.69) is 9.71 Å². The standard InChI is InChI=1S/C12H11N3O2S2/c1-8-5-11(4-3-10(8)6-13)19(16,17)15-12-14-7-9(2)18-12/h3-5,7H,1-2H3,(H,14,15). The van der Waals surface area contributed by atoms with Crippen LogP contribution in [0, 0.1) is 25.2 Å². The molecule has 7 heteroatoms. The minimum Gasteiger partial charge on any atom is -0.255 e. The van der Waals surface area contributed by atoms with E-state index >= 15 is 0 Å². The normalized spacial score (nSPS) is 11.0. The van der Waals surface area contributed by atoms with Gasteiger partial charge in [0.2, 0.25) is 0 Å². The Morgan fingerprint density at radius 2 is 2.11 bits per heavy atom. The molecule has 1 heterocycles. The number of nitrogens with one attached hydrogen (secondary N) is 1. The van der Waals surface area contributed by atoms with Crippen LogP contribution in [0.25, 0.3) is 0 Å². The van der Waals surface area contributed by atoms with Crippen LogP contribution in [0.3, 0.4) is 0 Å². The monoisotopic (exact) mass is 293 g/mol. The van der Waals surface area contributed by atoms with E-state index in [0.717, 1.165) is 4.88 Å². The van der Waals surface area contributed by atoms with Crippen molar-refractivity contribution in [1.29, 1.82) is 5.26 Å². The maximum atomic E-state index is 12.1. The summed E-state index contributed by atoms with van der Waals surface area (Å²) in [6.07, 6.45) is 1.60. The third-order valence-corrected chi connectivity index (χ3v) is 4.77. The number of hydrogen-bond acceptors (Lipinski definition) is 5. The number of anilines is 1. The van der Waals surface area contributed by atoms with E-state index in [1.165, 1.54) is 29.5 Å². The van der Waals surface area contributed by atoms with Gasteiger partial charge in [0.05, 0.1) is 16.5 Å². The van der Waals surface area contributed by atoms with Gasteiger partial charge in [-0.15, -0.1) is 11.3 Å². The van der Waals surface area contributed by atoms with E-state index in [1.807, 2.05) is 13.0 Å². The second kappa shape index (κ2) is 4.99.